The minimum atomic E-state index is -0.768. The van der Waals surface area contributed by atoms with Crippen LogP contribution in [0.25, 0.3) is 0 Å². The molecule has 0 saturated carbocycles. The maximum atomic E-state index is 10.1. The van der Waals surface area contributed by atoms with Gasteiger partial charge in [-0.3, -0.25) is 4.99 Å². The van der Waals surface area contributed by atoms with E-state index in [1.54, 1.807) is 0 Å². The molecule has 0 spiro atoms. The summed E-state index contributed by atoms with van der Waals surface area (Å²) >= 11 is 0. The van der Waals surface area contributed by atoms with E-state index in [4.69, 9.17) is 4.74 Å². The highest BCUT2D eigenvalue weighted by molar-refractivity contribution is 5.80. The zero-order valence-corrected chi connectivity index (χ0v) is 13.7. The zero-order valence-electron chi connectivity index (χ0n) is 13.7. The summed E-state index contributed by atoms with van der Waals surface area (Å²) in [5.74, 6) is 1.67. The molecular formula is C17H27N3O2. The first kappa shape index (κ1) is 16.6. The third-order valence-corrected chi connectivity index (χ3v) is 3.95. The molecule has 5 heteroatoms. The average Bonchev–Trinajstić information content (AvgIpc) is 2.53. The Kier molecular flexibility index (Phi) is 5.66. The predicted molar refractivity (Wildman–Crippen MR) is 89.3 cm³/mol. The van der Waals surface area contributed by atoms with Crippen LogP contribution < -0.4 is 15.4 Å². The highest BCUT2D eigenvalue weighted by Gasteiger charge is 2.22. The molecule has 2 unspecified atom stereocenters. The van der Waals surface area contributed by atoms with E-state index in [2.05, 4.69) is 21.7 Å². The van der Waals surface area contributed by atoms with Crippen LogP contribution >= 0.6 is 0 Å². The molecule has 0 amide bonds. The lowest BCUT2D eigenvalue weighted by atomic mass is 10.0. The molecule has 0 aromatic heterocycles. The van der Waals surface area contributed by atoms with Gasteiger partial charge in [-0.1, -0.05) is 25.1 Å². The second-order valence-corrected chi connectivity index (χ2v) is 5.92. The van der Waals surface area contributed by atoms with Gasteiger partial charge in [-0.25, -0.2) is 0 Å². The van der Waals surface area contributed by atoms with E-state index in [9.17, 15) is 5.11 Å². The quantitative estimate of drug-likeness (QED) is 0.576. The third-order valence-electron chi connectivity index (χ3n) is 3.95. The van der Waals surface area contributed by atoms with E-state index in [-0.39, 0.29) is 6.04 Å². The van der Waals surface area contributed by atoms with Gasteiger partial charge in [-0.05, 0) is 26.3 Å². The van der Waals surface area contributed by atoms with Gasteiger partial charge in [0.1, 0.15) is 5.75 Å². The molecule has 1 aliphatic heterocycles. The minimum Gasteiger partial charge on any atom is -0.493 e. The summed E-state index contributed by atoms with van der Waals surface area (Å²) < 4.78 is 5.69. The SMILES string of the molecule is CCNC(=NCC(C)(O)CC)NC1CCOc2ccccc21. The first-order chi connectivity index (χ1) is 10.6. The Balaban J connectivity index is 2.10. The van der Waals surface area contributed by atoms with Crippen LogP contribution in [0.3, 0.4) is 0 Å². The van der Waals surface area contributed by atoms with Gasteiger partial charge in [-0.2, -0.15) is 0 Å². The zero-order chi connectivity index (χ0) is 16.0. The number of hydrogen-bond donors (Lipinski definition) is 3. The van der Waals surface area contributed by atoms with Crippen LogP contribution in [0.4, 0.5) is 0 Å². The first-order valence-electron chi connectivity index (χ1n) is 8.04. The van der Waals surface area contributed by atoms with E-state index in [1.807, 2.05) is 39.0 Å². The predicted octanol–water partition coefficient (Wildman–Crippen LogP) is 2.23. The number of hydrogen-bond acceptors (Lipinski definition) is 3. The number of para-hydroxylation sites is 1. The number of fused-ring (bicyclic) bond motifs is 1. The topological polar surface area (TPSA) is 65.9 Å². The molecule has 0 aliphatic carbocycles. The Morgan fingerprint density at radius 2 is 2.18 bits per heavy atom. The van der Waals surface area contributed by atoms with Crippen LogP contribution in [0.1, 0.15) is 45.2 Å². The monoisotopic (exact) mass is 305 g/mol. The summed E-state index contributed by atoms with van der Waals surface area (Å²) in [6.07, 6.45) is 1.57. The van der Waals surface area contributed by atoms with Crippen LogP contribution in [-0.4, -0.2) is 36.4 Å². The van der Waals surface area contributed by atoms with E-state index in [1.165, 1.54) is 0 Å². The average molecular weight is 305 g/mol. The van der Waals surface area contributed by atoms with Crippen molar-refractivity contribution in [1.82, 2.24) is 10.6 Å². The summed E-state index contributed by atoms with van der Waals surface area (Å²) in [6.45, 7) is 7.66. The van der Waals surface area contributed by atoms with Gasteiger partial charge in [0.15, 0.2) is 5.96 Å². The molecule has 1 heterocycles. The van der Waals surface area contributed by atoms with Crippen LogP contribution in [-0.2, 0) is 0 Å². The highest BCUT2D eigenvalue weighted by Crippen LogP contribution is 2.31. The summed E-state index contributed by atoms with van der Waals surface area (Å²) in [7, 11) is 0. The lowest BCUT2D eigenvalue weighted by Crippen LogP contribution is -2.42. The number of nitrogens with zero attached hydrogens (tertiary/aromatic N) is 1. The van der Waals surface area contributed by atoms with Gasteiger partial charge in [-0.15, -0.1) is 0 Å². The molecule has 2 rings (SSSR count). The number of aliphatic hydroxyl groups is 1. The second-order valence-electron chi connectivity index (χ2n) is 5.92. The van der Waals surface area contributed by atoms with Crippen molar-refractivity contribution in [2.75, 3.05) is 19.7 Å². The number of nitrogens with one attached hydrogen (secondary N) is 2. The molecule has 0 fully saturated rings. The molecule has 0 radical (unpaired) electrons. The standard InChI is InChI=1S/C17H27N3O2/c1-4-17(3,21)12-19-16(18-5-2)20-14-10-11-22-15-9-7-6-8-13(14)15/h6-9,14,21H,4-5,10-12H2,1-3H3,(H2,18,19,20). The number of aliphatic imine (C=N–C) groups is 1. The van der Waals surface area contributed by atoms with Crippen LogP contribution in [0.5, 0.6) is 5.75 Å². The van der Waals surface area contributed by atoms with Crippen molar-refractivity contribution < 1.29 is 9.84 Å². The fraction of sp³-hybridized carbons (Fsp3) is 0.588. The van der Waals surface area contributed by atoms with Crippen molar-refractivity contribution in [1.29, 1.82) is 0 Å². The molecule has 0 saturated heterocycles. The normalized spacial score (nSPS) is 20.5. The van der Waals surface area contributed by atoms with Crippen molar-refractivity contribution in [3.63, 3.8) is 0 Å². The fourth-order valence-corrected chi connectivity index (χ4v) is 2.34. The van der Waals surface area contributed by atoms with Gasteiger partial charge in [0.25, 0.3) is 0 Å². The van der Waals surface area contributed by atoms with Crippen LogP contribution in [0.2, 0.25) is 0 Å². The lowest BCUT2D eigenvalue weighted by Gasteiger charge is -2.28. The van der Waals surface area contributed by atoms with Crippen molar-refractivity contribution in [2.24, 2.45) is 4.99 Å². The lowest BCUT2D eigenvalue weighted by molar-refractivity contribution is 0.0656. The molecule has 1 aromatic carbocycles. The van der Waals surface area contributed by atoms with Crippen molar-refractivity contribution in [3.05, 3.63) is 29.8 Å². The molecule has 2 atom stereocenters. The Bertz CT molecular complexity index is 514. The Hall–Kier alpha value is -1.75. The van der Waals surface area contributed by atoms with Crippen molar-refractivity contribution in [2.45, 2.75) is 45.3 Å². The molecule has 22 heavy (non-hydrogen) atoms. The number of benzene rings is 1. The second kappa shape index (κ2) is 7.49. The molecule has 3 N–H and O–H groups in total. The van der Waals surface area contributed by atoms with Crippen molar-refractivity contribution in [3.8, 4) is 5.75 Å². The van der Waals surface area contributed by atoms with Gasteiger partial charge in [0.2, 0.25) is 0 Å². The smallest absolute Gasteiger partial charge is 0.191 e. The van der Waals surface area contributed by atoms with Crippen LogP contribution in [0, 0.1) is 0 Å². The summed E-state index contributed by atoms with van der Waals surface area (Å²) in [4.78, 5) is 4.53. The molecule has 1 aliphatic rings. The molecule has 1 aromatic rings. The van der Waals surface area contributed by atoms with Crippen molar-refractivity contribution >= 4 is 5.96 Å². The van der Waals surface area contributed by atoms with E-state index in [0.29, 0.717) is 19.6 Å². The van der Waals surface area contributed by atoms with Gasteiger partial charge >= 0.3 is 0 Å². The van der Waals surface area contributed by atoms with Gasteiger partial charge in [0.05, 0.1) is 24.8 Å². The molecule has 0 bridgehead atoms. The molecule has 5 nitrogen and oxygen atoms in total. The minimum absolute atomic E-state index is 0.175. The number of ether oxygens (including phenoxy) is 1. The van der Waals surface area contributed by atoms with Gasteiger partial charge in [0, 0.05) is 18.5 Å². The summed E-state index contributed by atoms with van der Waals surface area (Å²) in [5, 5.41) is 16.8. The Labute approximate surface area is 132 Å². The van der Waals surface area contributed by atoms with Crippen LogP contribution in [0.15, 0.2) is 29.3 Å². The Morgan fingerprint density at radius 1 is 1.41 bits per heavy atom. The summed E-state index contributed by atoms with van der Waals surface area (Å²) in [6, 6.07) is 8.26. The highest BCUT2D eigenvalue weighted by atomic mass is 16.5. The Morgan fingerprint density at radius 3 is 2.91 bits per heavy atom. The maximum Gasteiger partial charge on any atom is 0.191 e. The number of rotatable bonds is 5. The maximum absolute atomic E-state index is 10.1. The van der Waals surface area contributed by atoms with Gasteiger partial charge < -0.3 is 20.5 Å². The number of guanidine groups is 1. The summed E-state index contributed by atoms with van der Waals surface area (Å²) in [5.41, 5.74) is 0.386. The fourth-order valence-electron chi connectivity index (χ4n) is 2.34. The molecule has 122 valence electrons. The largest absolute Gasteiger partial charge is 0.493 e. The third kappa shape index (κ3) is 4.37. The first-order valence-corrected chi connectivity index (χ1v) is 8.04. The molecular weight excluding hydrogens is 278 g/mol. The van der Waals surface area contributed by atoms with E-state index in [0.717, 1.165) is 30.2 Å². The van der Waals surface area contributed by atoms with E-state index < -0.39 is 5.60 Å². The van der Waals surface area contributed by atoms with E-state index >= 15 is 0 Å².